The molecule has 56 heavy (non-hydrogen) atoms. The van der Waals surface area contributed by atoms with Crippen LogP contribution in [0.1, 0.15) is 40.3 Å². The molecule has 262 valence electrons. The van der Waals surface area contributed by atoms with E-state index in [1.165, 1.54) is 55.3 Å². The Morgan fingerprint density at radius 3 is 1.84 bits per heavy atom. The minimum atomic E-state index is -0.508. The zero-order valence-corrected chi connectivity index (χ0v) is 30.5. The van der Waals surface area contributed by atoms with Crippen molar-refractivity contribution in [1.82, 2.24) is 9.97 Å². The summed E-state index contributed by atoms with van der Waals surface area (Å²) >= 11 is 0. The van der Waals surface area contributed by atoms with Crippen molar-refractivity contribution in [2.45, 2.75) is 17.8 Å². The van der Waals surface area contributed by atoms with Crippen molar-refractivity contribution in [2.75, 3.05) is 0 Å². The second-order valence-corrected chi connectivity index (χ2v) is 15.2. The molecule has 0 spiro atoms. The molecule has 0 saturated heterocycles. The fraction of sp³-hybridized carbons (Fsp3) is 0.0566. The highest BCUT2D eigenvalue weighted by Crippen LogP contribution is 2.59. The summed E-state index contributed by atoms with van der Waals surface area (Å²) in [5, 5.41) is 6.97. The maximum absolute atomic E-state index is 6.22. The van der Waals surface area contributed by atoms with Crippen LogP contribution in [0.4, 0.5) is 0 Å². The van der Waals surface area contributed by atoms with Gasteiger partial charge < -0.3 is 4.42 Å². The van der Waals surface area contributed by atoms with Crippen LogP contribution in [0.25, 0.3) is 71.2 Å². The Kier molecular flexibility index (Phi) is 6.67. The zero-order chi connectivity index (χ0) is 36.8. The standard InChI is InChI=1S/C53H34N2O/c1-3-13-36(14-4-1)53(37-15-5-2-6-16-37)46-30-34(33-25-28-50-45(29-33)42-19-11-12-22-49(42)56-50)23-26-40(46)41-27-24-35(31-47(41)53)48-32-54-51-43-20-9-7-17-38(43)39-18-8-10-21-44(39)52(51)55-48/h1-30,32,35H,31H2. The maximum atomic E-state index is 6.22. The summed E-state index contributed by atoms with van der Waals surface area (Å²) in [4.78, 5) is 10.7. The van der Waals surface area contributed by atoms with Gasteiger partial charge in [-0.25, -0.2) is 4.98 Å². The molecule has 0 aliphatic heterocycles. The van der Waals surface area contributed by atoms with E-state index in [0.717, 1.165) is 55.9 Å². The molecule has 2 aliphatic carbocycles. The van der Waals surface area contributed by atoms with Gasteiger partial charge in [-0.1, -0.05) is 158 Å². The first kappa shape index (κ1) is 31.3. The van der Waals surface area contributed by atoms with Crippen LogP contribution in [0.15, 0.2) is 198 Å². The summed E-state index contributed by atoms with van der Waals surface area (Å²) in [6, 6.07) is 61.4. The van der Waals surface area contributed by atoms with Crippen molar-refractivity contribution in [3.63, 3.8) is 0 Å². The van der Waals surface area contributed by atoms with Gasteiger partial charge in [-0.05, 0) is 86.0 Å². The Morgan fingerprint density at radius 2 is 1.11 bits per heavy atom. The number of benzene rings is 8. The van der Waals surface area contributed by atoms with Crippen molar-refractivity contribution in [3.05, 3.63) is 222 Å². The molecular formula is C53H34N2O. The summed E-state index contributed by atoms with van der Waals surface area (Å²) in [5.41, 5.74) is 14.4. The Morgan fingerprint density at radius 1 is 0.518 bits per heavy atom. The number of rotatable bonds is 4. The highest BCUT2D eigenvalue weighted by atomic mass is 16.3. The molecule has 0 N–H and O–H groups in total. The van der Waals surface area contributed by atoms with Gasteiger partial charge in [0.05, 0.1) is 22.1 Å². The summed E-state index contributed by atoms with van der Waals surface area (Å²) in [5.74, 6) is 0.0493. The summed E-state index contributed by atoms with van der Waals surface area (Å²) < 4.78 is 6.22. The average Bonchev–Trinajstić information content (AvgIpc) is 3.79. The van der Waals surface area contributed by atoms with Crippen LogP contribution in [-0.2, 0) is 5.41 Å². The molecule has 2 heterocycles. The monoisotopic (exact) mass is 714 g/mol. The van der Waals surface area contributed by atoms with Crippen molar-refractivity contribution in [3.8, 4) is 11.1 Å². The van der Waals surface area contributed by atoms with E-state index in [9.17, 15) is 0 Å². The molecule has 8 aromatic carbocycles. The van der Waals surface area contributed by atoms with Crippen LogP contribution >= 0.6 is 0 Å². The first-order chi connectivity index (χ1) is 27.8. The van der Waals surface area contributed by atoms with E-state index in [2.05, 4.69) is 170 Å². The van der Waals surface area contributed by atoms with Crippen LogP contribution in [-0.4, -0.2) is 9.97 Å². The maximum Gasteiger partial charge on any atom is 0.135 e. The van der Waals surface area contributed by atoms with E-state index in [0.29, 0.717) is 0 Å². The quantitative estimate of drug-likeness (QED) is 0.170. The molecule has 2 aromatic heterocycles. The number of hydrogen-bond acceptors (Lipinski definition) is 3. The van der Waals surface area contributed by atoms with Crippen molar-refractivity contribution in [2.24, 2.45) is 0 Å². The molecule has 0 amide bonds. The number of nitrogens with zero attached hydrogens (tertiary/aromatic N) is 2. The molecule has 10 aromatic rings. The highest BCUT2D eigenvalue weighted by Gasteiger charge is 2.48. The number of furan rings is 1. The molecular weight excluding hydrogens is 681 g/mol. The molecule has 0 bridgehead atoms. The third-order valence-corrected chi connectivity index (χ3v) is 12.4. The van der Waals surface area contributed by atoms with E-state index in [1.54, 1.807) is 0 Å². The number of para-hydroxylation sites is 1. The van der Waals surface area contributed by atoms with E-state index >= 15 is 0 Å². The summed E-state index contributed by atoms with van der Waals surface area (Å²) in [6.07, 6.45) is 7.56. The summed E-state index contributed by atoms with van der Waals surface area (Å²) in [7, 11) is 0. The molecule has 2 aliphatic rings. The first-order valence-electron chi connectivity index (χ1n) is 19.4. The van der Waals surface area contributed by atoms with Crippen molar-refractivity contribution in [1.29, 1.82) is 0 Å². The lowest BCUT2D eigenvalue weighted by molar-refractivity contribution is 0.659. The Hall–Kier alpha value is -7.10. The summed E-state index contributed by atoms with van der Waals surface area (Å²) in [6.45, 7) is 0. The fourth-order valence-corrected chi connectivity index (χ4v) is 9.88. The lowest BCUT2D eigenvalue weighted by atomic mass is 9.64. The van der Waals surface area contributed by atoms with E-state index < -0.39 is 5.41 Å². The van der Waals surface area contributed by atoms with E-state index in [4.69, 9.17) is 14.4 Å². The van der Waals surface area contributed by atoms with Gasteiger partial charge in [0.15, 0.2) is 0 Å². The SMILES string of the molecule is C1=CC(c2cnc3c4ccccc4c4ccccc4c3n2)CC2=C1c1ccc(-c3ccc4oc5ccccc5c4c3)cc1C2(c1ccccc1)c1ccccc1. The first-order valence-corrected chi connectivity index (χ1v) is 19.4. The Labute approximate surface area is 323 Å². The van der Waals surface area contributed by atoms with Gasteiger partial charge in [0.1, 0.15) is 11.2 Å². The van der Waals surface area contributed by atoms with Crippen molar-refractivity contribution < 1.29 is 4.42 Å². The van der Waals surface area contributed by atoms with Gasteiger partial charge in [0.2, 0.25) is 0 Å². The van der Waals surface area contributed by atoms with Gasteiger partial charge >= 0.3 is 0 Å². The third kappa shape index (κ3) is 4.40. The molecule has 1 atom stereocenters. The Bertz CT molecular complexity index is 3210. The number of fused-ring (bicyclic) bond motifs is 11. The zero-order valence-electron chi connectivity index (χ0n) is 30.5. The predicted molar refractivity (Wildman–Crippen MR) is 230 cm³/mol. The van der Waals surface area contributed by atoms with Gasteiger partial charge in [0, 0.05) is 33.7 Å². The third-order valence-electron chi connectivity index (χ3n) is 12.4. The minimum Gasteiger partial charge on any atom is -0.456 e. The lowest BCUT2D eigenvalue weighted by Crippen LogP contribution is -2.31. The molecule has 3 nitrogen and oxygen atoms in total. The minimum absolute atomic E-state index is 0.0493. The van der Waals surface area contributed by atoms with Gasteiger partial charge in [-0.15, -0.1) is 0 Å². The van der Waals surface area contributed by atoms with Gasteiger partial charge in [0.25, 0.3) is 0 Å². The highest BCUT2D eigenvalue weighted by molar-refractivity contribution is 6.23. The van der Waals surface area contributed by atoms with Crippen LogP contribution < -0.4 is 0 Å². The van der Waals surface area contributed by atoms with Crippen LogP contribution in [0.2, 0.25) is 0 Å². The van der Waals surface area contributed by atoms with Gasteiger partial charge in [-0.2, -0.15) is 0 Å². The molecule has 0 saturated carbocycles. The molecule has 3 heteroatoms. The molecule has 0 fully saturated rings. The van der Waals surface area contributed by atoms with E-state index in [1.807, 2.05) is 18.3 Å². The molecule has 1 unspecified atom stereocenters. The van der Waals surface area contributed by atoms with E-state index in [-0.39, 0.29) is 5.92 Å². The molecule has 12 rings (SSSR count). The second-order valence-electron chi connectivity index (χ2n) is 15.2. The largest absolute Gasteiger partial charge is 0.456 e. The average molecular weight is 715 g/mol. The number of hydrogen-bond donors (Lipinski definition) is 0. The topological polar surface area (TPSA) is 38.9 Å². The van der Waals surface area contributed by atoms with Crippen LogP contribution in [0.5, 0.6) is 0 Å². The van der Waals surface area contributed by atoms with Crippen LogP contribution in [0.3, 0.4) is 0 Å². The number of allylic oxidation sites excluding steroid dienone is 4. The second kappa shape index (κ2) is 11.9. The Balaban J connectivity index is 1.05. The van der Waals surface area contributed by atoms with Crippen molar-refractivity contribution >= 4 is 60.1 Å². The fourth-order valence-electron chi connectivity index (χ4n) is 9.88. The predicted octanol–water partition coefficient (Wildman–Crippen LogP) is 13.3. The smallest absolute Gasteiger partial charge is 0.135 e. The normalized spacial score (nSPS) is 16.0. The molecule has 0 radical (unpaired) electrons. The lowest BCUT2D eigenvalue weighted by Gasteiger charge is -2.37. The van der Waals surface area contributed by atoms with Crippen LogP contribution in [0, 0.1) is 0 Å². The number of aromatic nitrogens is 2. The van der Waals surface area contributed by atoms with Gasteiger partial charge in [-0.3, -0.25) is 4.98 Å².